The summed E-state index contributed by atoms with van der Waals surface area (Å²) in [4.78, 5) is 0. The Kier molecular flexibility index (Phi) is 5.38. The third kappa shape index (κ3) is 3.89. The van der Waals surface area contributed by atoms with Crippen LogP contribution in [-0.2, 0) is 0 Å². The van der Waals surface area contributed by atoms with Gasteiger partial charge in [-0.25, -0.2) is 0 Å². The average molecular weight is 238 g/mol. The van der Waals surface area contributed by atoms with Gasteiger partial charge in [0.2, 0.25) is 0 Å². The van der Waals surface area contributed by atoms with Gasteiger partial charge in [0.1, 0.15) is 0 Å². The fourth-order valence-electron chi connectivity index (χ4n) is 1.73. The number of benzene rings is 2. The second-order valence-corrected chi connectivity index (χ2v) is 4.29. The van der Waals surface area contributed by atoms with E-state index in [1.54, 1.807) is 0 Å². The summed E-state index contributed by atoms with van der Waals surface area (Å²) < 4.78 is 0. The van der Waals surface area contributed by atoms with Gasteiger partial charge in [0.15, 0.2) is 0 Å². The van der Waals surface area contributed by atoms with Crippen LogP contribution >= 0.6 is 0 Å². The van der Waals surface area contributed by atoms with E-state index in [9.17, 15) is 0 Å². The fourth-order valence-corrected chi connectivity index (χ4v) is 1.73. The molecular formula is C18H22. The molecule has 0 nitrogen and oxygen atoms in total. The van der Waals surface area contributed by atoms with E-state index in [0.717, 1.165) is 5.57 Å². The molecule has 0 saturated carbocycles. The van der Waals surface area contributed by atoms with Gasteiger partial charge < -0.3 is 0 Å². The van der Waals surface area contributed by atoms with Crippen molar-refractivity contribution in [2.75, 3.05) is 0 Å². The predicted octanol–water partition coefficient (Wildman–Crippen LogP) is 5.76. The molecule has 0 atom stereocenters. The summed E-state index contributed by atoms with van der Waals surface area (Å²) in [5, 5.41) is 2.59. The monoisotopic (exact) mass is 238 g/mol. The van der Waals surface area contributed by atoms with Gasteiger partial charge in [0.05, 0.1) is 0 Å². The molecule has 0 heterocycles. The summed E-state index contributed by atoms with van der Waals surface area (Å²) in [5.41, 5.74) is 3.60. The van der Waals surface area contributed by atoms with E-state index in [-0.39, 0.29) is 0 Å². The minimum atomic E-state index is 1.07. The Labute approximate surface area is 111 Å². The highest BCUT2D eigenvalue weighted by atomic mass is 14.0. The zero-order valence-electron chi connectivity index (χ0n) is 11.8. The van der Waals surface area contributed by atoms with Crippen molar-refractivity contribution in [1.29, 1.82) is 0 Å². The first-order valence-electron chi connectivity index (χ1n) is 6.49. The smallest absolute Gasteiger partial charge is 0.0178 e. The van der Waals surface area contributed by atoms with Crippen molar-refractivity contribution < 1.29 is 0 Å². The molecule has 0 spiro atoms. The number of hydrogen-bond donors (Lipinski definition) is 0. The summed E-state index contributed by atoms with van der Waals surface area (Å²) in [6.07, 6.45) is 4.14. The average Bonchev–Trinajstić information content (AvgIpc) is 2.38. The first-order valence-corrected chi connectivity index (χ1v) is 6.49. The molecule has 0 aliphatic heterocycles. The Balaban J connectivity index is 0.000000771. The molecule has 0 unspecified atom stereocenters. The molecule has 0 heteroatoms. The standard InChI is InChI=1S/C16H16.C2H6/c1-12(2)4-6-14-7-9-15-10-13(3)5-8-16(15)11-14;1-2/h4-11H,1H2,2-3H3;1-2H3/b6-4+;. The van der Waals surface area contributed by atoms with Crippen LogP contribution in [0.25, 0.3) is 16.8 Å². The predicted molar refractivity (Wildman–Crippen MR) is 83.9 cm³/mol. The normalized spacial score (nSPS) is 10.2. The number of rotatable bonds is 2. The first-order chi connectivity index (χ1) is 8.65. The van der Waals surface area contributed by atoms with Crippen LogP contribution in [0, 0.1) is 6.92 Å². The SMILES string of the molecule is C=C(C)/C=C/c1ccc2cc(C)ccc2c1.CC. The lowest BCUT2D eigenvalue weighted by Crippen LogP contribution is -1.77. The first kappa shape index (κ1) is 14.2. The molecule has 94 valence electrons. The van der Waals surface area contributed by atoms with Gasteiger partial charge in [-0.05, 0) is 36.2 Å². The Morgan fingerprint density at radius 1 is 1.00 bits per heavy atom. The van der Waals surface area contributed by atoms with Crippen LogP contribution in [0.2, 0.25) is 0 Å². The highest BCUT2D eigenvalue weighted by Gasteiger charge is 1.94. The van der Waals surface area contributed by atoms with Crippen molar-refractivity contribution in [2.45, 2.75) is 27.7 Å². The zero-order chi connectivity index (χ0) is 13.5. The Hall–Kier alpha value is -1.82. The van der Waals surface area contributed by atoms with E-state index in [1.807, 2.05) is 26.8 Å². The minimum Gasteiger partial charge on any atom is -0.0961 e. The van der Waals surface area contributed by atoms with Crippen molar-refractivity contribution in [1.82, 2.24) is 0 Å². The maximum atomic E-state index is 3.86. The lowest BCUT2D eigenvalue weighted by atomic mass is 10.0. The third-order valence-corrected chi connectivity index (χ3v) is 2.58. The van der Waals surface area contributed by atoms with Crippen molar-refractivity contribution in [3.63, 3.8) is 0 Å². The molecule has 0 N–H and O–H groups in total. The third-order valence-electron chi connectivity index (χ3n) is 2.58. The molecule has 2 rings (SSSR count). The maximum Gasteiger partial charge on any atom is -0.0178 e. The van der Waals surface area contributed by atoms with E-state index < -0.39 is 0 Å². The van der Waals surface area contributed by atoms with Crippen LogP contribution in [0.15, 0.2) is 54.6 Å². The fraction of sp³-hybridized carbons (Fsp3) is 0.222. The lowest BCUT2D eigenvalue weighted by Gasteiger charge is -2.01. The molecule has 0 radical (unpaired) electrons. The van der Waals surface area contributed by atoms with Crippen molar-refractivity contribution in [3.8, 4) is 0 Å². The van der Waals surface area contributed by atoms with Gasteiger partial charge in [-0.15, -0.1) is 0 Å². The second kappa shape index (κ2) is 6.80. The van der Waals surface area contributed by atoms with Gasteiger partial charge in [-0.1, -0.05) is 74.0 Å². The van der Waals surface area contributed by atoms with E-state index in [1.165, 1.54) is 21.9 Å². The van der Waals surface area contributed by atoms with E-state index in [4.69, 9.17) is 0 Å². The molecule has 0 fully saturated rings. The number of allylic oxidation sites excluding steroid dienone is 2. The van der Waals surface area contributed by atoms with E-state index in [0.29, 0.717) is 0 Å². The van der Waals surface area contributed by atoms with Gasteiger partial charge in [0, 0.05) is 0 Å². The summed E-state index contributed by atoms with van der Waals surface area (Å²) in [6.45, 7) is 12.0. The number of aryl methyl sites for hydroxylation is 1. The van der Waals surface area contributed by atoms with Crippen LogP contribution < -0.4 is 0 Å². The van der Waals surface area contributed by atoms with Gasteiger partial charge in [0.25, 0.3) is 0 Å². The highest BCUT2D eigenvalue weighted by molar-refractivity contribution is 5.85. The van der Waals surface area contributed by atoms with Crippen molar-refractivity contribution >= 4 is 16.8 Å². The largest absolute Gasteiger partial charge is 0.0961 e. The molecule has 0 aliphatic carbocycles. The molecule has 0 aromatic heterocycles. The zero-order valence-corrected chi connectivity index (χ0v) is 11.8. The summed E-state index contributed by atoms with van der Waals surface area (Å²) >= 11 is 0. The van der Waals surface area contributed by atoms with Gasteiger partial charge >= 0.3 is 0 Å². The van der Waals surface area contributed by atoms with Gasteiger partial charge in [-0.3, -0.25) is 0 Å². The molecule has 0 amide bonds. The molecule has 0 bridgehead atoms. The van der Waals surface area contributed by atoms with E-state index in [2.05, 4.69) is 56.0 Å². The Morgan fingerprint density at radius 3 is 2.28 bits per heavy atom. The van der Waals surface area contributed by atoms with Crippen molar-refractivity contribution in [2.24, 2.45) is 0 Å². The second-order valence-electron chi connectivity index (χ2n) is 4.29. The van der Waals surface area contributed by atoms with Crippen LogP contribution in [0.4, 0.5) is 0 Å². The van der Waals surface area contributed by atoms with Crippen LogP contribution in [0.5, 0.6) is 0 Å². The minimum absolute atomic E-state index is 1.07. The lowest BCUT2D eigenvalue weighted by molar-refractivity contribution is 1.50. The molecule has 0 saturated heterocycles. The van der Waals surface area contributed by atoms with Crippen molar-refractivity contribution in [3.05, 3.63) is 65.8 Å². The molecule has 2 aromatic carbocycles. The van der Waals surface area contributed by atoms with Gasteiger partial charge in [-0.2, -0.15) is 0 Å². The quantitative estimate of drug-likeness (QED) is 0.583. The molecule has 0 aliphatic rings. The number of fused-ring (bicyclic) bond motifs is 1. The van der Waals surface area contributed by atoms with E-state index >= 15 is 0 Å². The summed E-state index contributed by atoms with van der Waals surface area (Å²) in [7, 11) is 0. The highest BCUT2D eigenvalue weighted by Crippen LogP contribution is 2.18. The summed E-state index contributed by atoms with van der Waals surface area (Å²) in [5.74, 6) is 0. The van der Waals surface area contributed by atoms with Crippen LogP contribution in [-0.4, -0.2) is 0 Å². The summed E-state index contributed by atoms with van der Waals surface area (Å²) in [6, 6.07) is 13.0. The Bertz CT molecular complexity index is 559. The maximum absolute atomic E-state index is 3.86. The van der Waals surface area contributed by atoms with Crippen LogP contribution in [0.3, 0.4) is 0 Å². The number of hydrogen-bond acceptors (Lipinski definition) is 0. The molecule has 2 aromatic rings. The molecular weight excluding hydrogens is 216 g/mol. The van der Waals surface area contributed by atoms with Crippen LogP contribution in [0.1, 0.15) is 31.9 Å². The topological polar surface area (TPSA) is 0 Å². The Morgan fingerprint density at radius 2 is 1.61 bits per heavy atom. The molecule has 18 heavy (non-hydrogen) atoms.